The van der Waals surface area contributed by atoms with Crippen LogP contribution in [0.15, 0.2) is 0 Å². The lowest BCUT2D eigenvalue weighted by atomic mass is 10.0. The number of rotatable bonds is 8. The lowest BCUT2D eigenvalue weighted by molar-refractivity contribution is -0.151. The molecule has 0 bridgehead atoms. The Morgan fingerprint density at radius 1 is 1.45 bits per heavy atom. The summed E-state index contributed by atoms with van der Waals surface area (Å²) in [5.74, 6) is -0.147. The maximum absolute atomic E-state index is 12.3. The van der Waals surface area contributed by atoms with E-state index in [4.69, 9.17) is 9.47 Å². The highest BCUT2D eigenvalue weighted by molar-refractivity contribution is 5.80. The van der Waals surface area contributed by atoms with Crippen LogP contribution in [0.4, 0.5) is 0 Å². The smallest absolute Gasteiger partial charge is 0.327 e. The van der Waals surface area contributed by atoms with Crippen molar-refractivity contribution in [3.05, 3.63) is 0 Å². The highest BCUT2D eigenvalue weighted by Crippen LogP contribution is 2.24. The second-order valence-corrected chi connectivity index (χ2v) is 6.30. The van der Waals surface area contributed by atoms with Crippen molar-refractivity contribution in [2.24, 2.45) is 0 Å². The van der Waals surface area contributed by atoms with Crippen LogP contribution in [0.2, 0.25) is 0 Å². The molecular weight excluding hydrogens is 256 g/mol. The van der Waals surface area contributed by atoms with Crippen molar-refractivity contribution in [2.45, 2.75) is 57.2 Å². The molecule has 1 aliphatic carbocycles. The minimum absolute atomic E-state index is 0.147. The van der Waals surface area contributed by atoms with Gasteiger partial charge >= 0.3 is 5.97 Å². The molecule has 2 atom stereocenters. The number of likely N-dealkylation sites (N-methyl/N-ethyl adjacent to an activating group) is 1. The van der Waals surface area contributed by atoms with E-state index in [1.54, 1.807) is 0 Å². The Hall–Kier alpha value is -0.650. The monoisotopic (exact) mass is 284 g/mol. The number of esters is 1. The highest BCUT2D eigenvalue weighted by Gasteiger charge is 2.40. The number of hydrogen-bond donors (Lipinski definition) is 1. The summed E-state index contributed by atoms with van der Waals surface area (Å²) in [5, 5.41) is 3.45. The summed E-state index contributed by atoms with van der Waals surface area (Å²) in [5.41, 5.74) is -0.621. The van der Waals surface area contributed by atoms with Crippen LogP contribution in [0.25, 0.3) is 0 Å². The van der Waals surface area contributed by atoms with Gasteiger partial charge in [-0.15, -0.1) is 0 Å². The Labute approximate surface area is 122 Å². The average Bonchev–Trinajstić information content (AvgIpc) is 3.03. The number of hydrogen-bond acceptors (Lipinski definition) is 5. The van der Waals surface area contributed by atoms with Gasteiger partial charge in [0, 0.05) is 25.7 Å². The molecule has 0 aromatic heterocycles. The molecule has 1 saturated heterocycles. The molecule has 0 radical (unpaired) electrons. The van der Waals surface area contributed by atoms with Crippen molar-refractivity contribution in [3.63, 3.8) is 0 Å². The molecule has 0 aromatic carbocycles. The summed E-state index contributed by atoms with van der Waals surface area (Å²) in [6.45, 7) is 6.63. The number of nitrogens with one attached hydrogen (secondary N) is 1. The second kappa shape index (κ2) is 6.87. The van der Waals surface area contributed by atoms with Gasteiger partial charge in [-0.05, 0) is 46.6 Å². The second-order valence-electron chi connectivity index (χ2n) is 6.30. The Kier molecular flexibility index (Phi) is 5.41. The first kappa shape index (κ1) is 15.7. The van der Waals surface area contributed by atoms with Gasteiger partial charge in [-0.2, -0.15) is 0 Å². The van der Waals surface area contributed by atoms with Crippen molar-refractivity contribution in [3.8, 4) is 0 Å². The van der Waals surface area contributed by atoms with Gasteiger partial charge in [-0.3, -0.25) is 10.1 Å². The van der Waals surface area contributed by atoms with E-state index in [0.29, 0.717) is 25.3 Å². The zero-order chi connectivity index (χ0) is 14.6. The molecule has 2 aliphatic rings. The van der Waals surface area contributed by atoms with Gasteiger partial charge in [0.15, 0.2) is 0 Å². The van der Waals surface area contributed by atoms with Crippen LogP contribution < -0.4 is 5.32 Å². The van der Waals surface area contributed by atoms with E-state index in [1.807, 2.05) is 20.9 Å². The standard InChI is InChI=1S/C15H28N2O3/c1-4-19-14(18)15(2,16-12-7-8-12)11-17(3)10-13-6-5-9-20-13/h12-13,16H,4-11H2,1-3H3. The molecule has 2 unspecified atom stereocenters. The SMILES string of the molecule is CCOC(=O)C(C)(CN(C)CC1CCCO1)NC1CC1. The normalized spacial score (nSPS) is 25.7. The van der Waals surface area contributed by atoms with E-state index in [9.17, 15) is 4.79 Å². The summed E-state index contributed by atoms with van der Waals surface area (Å²) in [6, 6.07) is 0.473. The third-order valence-electron chi connectivity index (χ3n) is 3.95. The molecule has 116 valence electrons. The average molecular weight is 284 g/mol. The van der Waals surface area contributed by atoms with Gasteiger partial charge in [0.2, 0.25) is 0 Å². The first-order valence-corrected chi connectivity index (χ1v) is 7.78. The summed E-state index contributed by atoms with van der Waals surface area (Å²) in [6.07, 6.45) is 4.90. The molecular formula is C15H28N2O3. The van der Waals surface area contributed by atoms with Crippen molar-refractivity contribution < 1.29 is 14.3 Å². The van der Waals surface area contributed by atoms with Gasteiger partial charge in [0.25, 0.3) is 0 Å². The predicted molar refractivity (Wildman–Crippen MR) is 77.7 cm³/mol. The van der Waals surface area contributed by atoms with E-state index in [1.165, 1.54) is 0 Å². The molecule has 0 aromatic rings. The minimum atomic E-state index is -0.621. The van der Waals surface area contributed by atoms with E-state index in [-0.39, 0.29) is 5.97 Å². The van der Waals surface area contributed by atoms with Gasteiger partial charge < -0.3 is 14.4 Å². The minimum Gasteiger partial charge on any atom is -0.465 e. The lowest BCUT2D eigenvalue weighted by Gasteiger charge is -2.33. The van der Waals surface area contributed by atoms with Gasteiger partial charge in [0.1, 0.15) is 5.54 Å². The van der Waals surface area contributed by atoms with Crippen LogP contribution in [0.5, 0.6) is 0 Å². The van der Waals surface area contributed by atoms with Crippen molar-refractivity contribution >= 4 is 5.97 Å². The zero-order valence-electron chi connectivity index (χ0n) is 13.0. The fourth-order valence-electron chi connectivity index (χ4n) is 2.88. The summed E-state index contributed by atoms with van der Waals surface area (Å²) in [7, 11) is 2.05. The van der Waals surface area contributed by atoms with Crippen LogP contribution in [-0.4, -0.2) is 61.9 Å². The molecule has 1 heterocycles. The molecule has 1 N–H and O–H groups in total. The van der Waals surface area contributed by atoms with E-state index >= 15 is 0 Å². The van der Waals surface area contributed by atoms with Crippen LogP contribution >= 0.6 is 0 Å². The lowest BCUT2D eigenvalue weighted by Crippen LogP contribution is -2.58. The maximum Gasteiger partial charge on any atom is 0.327 e. The fraction of sp³-hybridized carbons (Fsp3) is 0.933. The topological polar surface area (TPSA) is 50.8 Å². The first-order chi connectivity index (χ1) is 9.53. The summed E-state index contributed by atoms with van der Waals surface area (Å²) < 4.78 is 10.9. The molecule has 5 nitrogen and oxygen atoms in total. The summed E-state index contributed by atoms with van der Waals surface area (Å²) in [4.78, 5) is 14.4. The molecule has 1 saturated carbocycles. The fourth-order valence-corrected chi connectivity index (χ4v) is 2.88. The molecule has 0 amide bonds. The van der Waals surface area contributed by atoms with E-state index in [2.05, 4.69) is 10.2 Å². The first-order valence-electron chi connectivity index (χ1n) is 7.78. The Bertz CT molecular complexity index is 327. The molecule has 2 fully saturated rings. The third kappa shape index (κ3) is 4.43. The van der Waals surface area contributed by atoms with E-state index < -0.39 is 5.54 Å². The summed E-state index contributed by atoms with van der Waals surface area (Å²) >= 11 is 0. The molecule has 20 heavy (non-hydrogen) atoms. The van der Waals surface area contributed by atoms with Crippen LogP contribution in [0.3, 0.4) is 0 Å². The molecule has 1 aliphatic heterocycles. The number of carbonyl (C=O) groups excluding carboxylic acids is 1. The quantitative estimate of drug-likeness (QED) is 0.678. The van der Waals surface area contributed by atoms with Crippen molar-refractivity contribution in [2.75, 3.05) is 33.4 Å². The van der Waals surface area contributed by atoms with Crippen LogP contribution in [0, 0.1) is 0 Å². The maximum atomic E-state index is 12.3. The number of ether oxygens (including phenoxy) is 2. The third-order valence-corrected chi connectivity index (χ3v) is 3.95. The Balaban J connectivity index is 1.89. The predicted octanol–water partition coefficient (Wildman–Crippen LogP) is 1.17. The Morgan fingerprint density at radius 3 is 2.75 bits per heavy atom. The van der Waals surface area contributed by atoms with Gasteiger partial charge in [-0.1, -0.05) is 0 Å². The van der Waals surface area contributed by atoms with E-state index in [0.717, 1.165) is 38.8 Å². The number of carbonyl (C=O) groups is 1. The Morgan fingerprint density at radius 2 is 2.20 bits per heavy atom. The molecule has 2 rings (SSSR count). The van der Waals surface area contributed by atoms with Crippen LogP contribution in [0.1, 0.15) is 39.5 Å². The van der Waals surface area contributed by atoms with Gasteiger partial charge in [-0.25, -0.2) is 0 Å². The van der Waals surface area contributed by atoms with Crippen LogP contribution in [-0.2, 0) is 14.3 Å². The largest absolute Gasteiger partial charge is 0.465 e. The van der Waals surface area contributed by atoms with Crippen molar-refractivity contribution in [1.82, 2.24) is 10.2 Å². The van der Waals surface area contributed by atoms with Gasteiger partial charge in [0.05, 0.1) is 12.7 Å². The van der Waals surface area contributed by atoms with Crippen molar-refractivity contribution in [1.29, 1.82) is 0 Å². The number of nitrogens with zero attached hydrogens (tertiary/aromatic N) is 1. The zero-order valence-corrected chi connectivity index (χ0v) is 13.0. The molecule has 5 heteroatoms. The highest BCUT2D eigenvalue weighted by atomic mass is 16.5. The molecule has 0 spiro atoms.